The predicted molar refractivity (Wildman–Crippen MR) is 139 cm³/mol. The summed E-state index contributed by atoms with van der Waals surface area (Å²) >= 11 is 0. The molecule has 2 unspecified atom stereocenters. The Hall–Kier alpha value is -4.40. The number of amides is 2. The van der Waals surface area contributed by atoms with Gasteiger partial charge in [-0.15, -0.1) is 0 Å². The zero-order valence-electron chi connectivity index (χ0n) is 21.3. The molecule has 2 aromatic carbocycles. The molecule has 0 bridgehead atoms. The summed E-state index contributed by atoms with van der Waals surface area (Å²) in [6.07, 6.45) is 1.69. The lowest BCUT2D eigenvalue weighted by Gasteiger charge is -2.44. The van der Waals surface area contributed by atoms with Gasteiger partial charge in [-0.25, -0.2) is 9.50 Å². The van der Waals surface area contributed by atoms with Crippen LogP contribution in [0.15, 0.2) is 66.9 Å². The molecule has 190 valence electrons. The summed E-state index contributed by atoms with van der Waals surface area (Å²) in [7, 11) is 3.18. The molecular weight excluding hydrogens is 470 g/mol. The van der Waals surface area contributed by atoms with Crippen LogP contribution in [0.1, 0.15) is 34.7 Å². The van der Waals surface area contributed by atoms with Crippen LogP contribution in [0, 0.1) is 0 Å². The highest BCUT2D eigenvalue weighted by atomic mass is 16.5. The molecule has 1 aliphatic rings. The van der Waals surface area contributed by atoms with E-state index >= 15 is 0 Å². The molecule has 2 aromatic heterocycles. The van der Waals surface area contributed by atoms with E-state index in [2.05, 4.69) is 10.1 Å². The van der Waals surface area contributed by atoms with E-state index < -0.39 is 0 Å². The molecule has 1 aliphatic heterocycles. The van der Waals surface area contributed by atoms with Crippen molar-refractivity contribution < 1.29 is 19.1 Å². The van der Waals surface area contributed by atoms with Crippen molar-refractivity contribution in [2.75, 3.05) is 27.3 Å². The maximum atomic E-state index is 13.5. The van der Waals surface area contributed by atoms with Crippen molar-refractivity contribution in [1.29, 1.82) is 0 Å². The number of methoxy groups -OCH3 is 2. The molecule has 0 aliphatic carbocycles. The van der Waals surface area contributed by atoms with Gasteiger partial charge in [0.05, 0.1) is 19.9 Å². The first-order valence-corrected chi connectivity index (χ1v) is 12.2. The maximum Gasteiger partial charge on any atom is 0.274 e. The molecule has 2 atom stereocenters. The normalized spacial score (nSPS) is 17.6. The van der Waals surface area contributed by atoms with E-state index in [0.29, 0.717) is 41.5 Å². The number of rotatable bonds is 5. The van der Waals surface area contributed by atoms with Crippen LogP contribution >= 0.6 is 0 Å². The summed E-state index contributed by atoms with van der Waals surface area (Å²) in [6, 6.07) is 18.1. The van der Waals surface area contributed by atoms with Gasteiger partial charge in [0.1, 0.15) is 0 Å². The first-order chi connectivity index (χ1) is 17.9. The van der Waals surface area contributed by atoms with Gasteiger partial charge >= 0.3 is 0 Å². The Morgan fingerprint density at radius 1 is 0.865 bits per heavy atom. The quantitative estimate of drug-likeness (QED) is 0.415. The van der Waals surface area contributed by atoms with Crippen LogP contribution in [0.25, 0.3) is 16.9 Å². The molecule has 9 nitrogen and oxygen atoms in total. The highest BCUT2D eigenvalue weighted by molar-refractivity contribution is 5.96. The van der Waals surface area contributed by atoms with Crippen LogP contribution in [0.2, 0.25) is 0 Å². The number of benzene rings is 2. The van der Waals surface area contributed by atoms with Crippen molar-refractivity contribution in [3.8, 4) is 22.8 Å². The molecular formula is C28H29N5O4. The maximum absolute atomic E-state index is 13.5. The molecule has 0 saturated carbocycles. The van der Waals surface area contributed by atoms with E-state index in [0.717, 1.165) is 11.3 Å². The van der Waals surface area contributed by atoms with Gasteiger partial charge in [-0.1, -0.05) is 18.2 Å². The third-order valence-corrected chi connectivity index (χ3v) is 6.72. The number of carbonyl (C=O) groups is 2. The Morgan fingerprint density at radius 2 is 1.57 bits per heavy atom. The number of piperazine rings is 1. The lowest BCUT2D eigenvalue weighted by atomic mass is 10.0. The highest BCUT2D eigenvalue weighted by Gasteiger charge is 2.36. The van der Waals surface area contributed by atoms with Crippen LogP contribution in [0.3, 0.4) is 0 Å². The van der Waals surface area contributed by atoms with Crippen LogP contribution in [-0.4, -0.2) is 75.6 Å². The average molecular weight is 500 g/mol. The Labute approximate surface area is 215 Å². The fourth-order valence-corrected chi connectivity index (χ4v) is 4.99. The van der Waals surface area contributed by atoms with Gasteiger partial charge in [0, 0.05) is 48.6 Å². The van der Waals surface area contributed by atoms with Gasteiger partial charge in [-0.3, -0.25) is 9.59 Å². The number of aromatic nitrogens is 3. The SMILES string of the molecule is COc1ccc(-c2ccnc3cc(C(=O)N4CC(C)N(C(=O)c5ccccc5)C(C)C4)nn23)cc1OC. The molecule has 1 fully saturated rings. The third-order valence-electron chi connectivity index (χ3n) is 6.72. The Balaban J connectivity index is 1.40. The van der Waals surface area contributed by atoms with E-state index in [1.165, 1.54) is 0 Å². The molecule has 1 saturated heterocycles. The molecule has 4 aromatic rings. The standard InChI is InChI=1S/C28H29N5O4/c1-18-16-31(17-19(2)32(18)27(34)20-8-6-5-7-9-20)28(35)22-15-26-29-13-12-23(33(26)30-22)21-10-11-24(36-3)25(14-21)37-4/h5-15,18-19H,16-17H2,1-4H3. The lowest BCUT2D eigenvalue weighted by Crippen LogP contribution is -2.59. The number of hydrogen-bond acceptors (Lipinski definition) is 6. The molecule has 3 heterocycles. The monoisotopic (exact) mass is 499 g/mol. The lowest BCUT2D eigenvalue weighted by molar-refractivity contribution is 0.0252. The zero-order valence-corrected chi connectivity index (χ0v) is 21.3. The molecule has 5 rings (SSSR count). The van der Waals surface area contributed by atoms with Gasteiger partial charge in [-0.05, 0) is 50.2 Å². The fraction of sp³-hybridized carbons (Fsp3) is 0.286. The summed E-state index contributed by atoms with van der Waals surface area (Å²) in [5.74, 6) is 1.01. The first kappa shape index (κ1) is 24.3. The summed E-state index contributed by atoms with van der Waals surface area (Å²) in [5.41, 5.74) is 3.14. The van der Waals surface area contributed by atoms with Crippen molar-refractivity contribution in [3.05, 3.63) is 78.1 Å². The molecule has 0 N–H and O–H groups in total. The van der Waals surface area contributed by atoms with Crippen molar-refractivity contribution in [2.45, 2.75) is 25.9 Å². The van der Waals surface area contributed by atoms with Crippen LogP contribution < -0.4 is 9.47 Å². The Morgan fingerprint density at radius 3 is 2.24 bits per heavy atom. The highest BCUT2D eigenvalue weighted by Crippen LogP contribution is 2.32. The van der Waals surface area contributed by atoms with Crippen LogP contribution in [-0.2, 0) is 0 Å². The second-order valence-corrected chi connectivity index (χ2v) is 9.19. The minimum Gasteiger partial charge on any atom is -0.493 e. The van der Waals surface area contributed by atoms with E-state index in [1.54, 1.807) is 35.9 Å². The van der Waals surface area contributed by atoms with Crippen molar-refractivity contribution in [3.63, 3.8) is 0 Å². The average Bonchev–Trinajstić information content (AvgIpc) is 3.36. The van der Waals surface area contributed by atoms with Crippen LogP contribution in [0.4, 0.5) is 0 Å². The second-order valence-electron chi connectivity index (χ2n) is 9.19. The molecule has 9 heteroatoms. The van der Waals surface area contributed by atoms with Gasteiger partial charge in [0.25, 0.3) is 11.8 Å². The van der Waals surface area contributed by atoms with Gasteiger partial charge < -0.3 is 19.3 Å². The number of nitrogens with zero attached hydrogens (tertiary/aromatic N) is 5. The molecule has 37 heavy (non-hydrogen) atoms. The van der Waals surface area contributed by atoms with E-state index in [1.807, 2.05) is 73.3 Å². The smallest absolute Gasteiger partial charge is 0.274 e. The Bertz CT molecular complexity index is 1440. The van der Waals surface area contributed by atoms with Crippen molar-refractivity contribution >= 4 is 17.5 Å². The number of hydrogen-bond donors (Lipinski definition) is 0. The number of fused-ring (bicyclic) bond motifs is 1. The fourth-order valence-electron chi connectivity index (χ4n) is 4.99. The van der Waals surface area contributed by atoms with Crippen molar-refractivity contribution in [1.82, 2.24) is 24.4 Å². The van der Waals surface area contributed by atoms with Crippen molar-refractivity contribution in [2.24, 2.45) is 0 Å². The minimum absolute atomic E-state index is 0.0239. The van der Waals surface area contributed by atoms with Crippen LogP contribution in [0.5, 0.6) is 11.5 Å². The minimum atomic E-state index is -0.186. The largest absolute Gasteiger partial charge is 0.493 e. The first-order valence-electron chi connectivity index (χ1n) is 12.2. The van der Waals surface area contributed by atoms with E-state index in [9.17, 15) is 9.59 Å². The molecule has 2 amide bonds. The summed E-state index contributed by atoms with van der Waals surface area (Å²) in [4.78, 5) is 34.7. The van der Waals surface area contributed by atoms with Gasteiger partial charge in [-0.2, -0.15) is 5.10 Å². The summed E-state index contributed by atoms with van der Waals surface area (Å²) in [5, 5.41) is 4.62. The predicted octanol–water partition coefficient (Wildman–Crippen LogP) is 3.79. The summed E-state index contributed by atoms with van der Waals surface area (Å²) in [6.45, 7) is 4.78. The third kappa shape index (κ3) is 4.48. The number of ether oxygens (including phenoxy) is 2. The Kier molecular flexibility index (Phi) is 6.52. The van der Waals surface area contributed by atoms with Gasteiger partial charge in [0.15, 0.2) is 22.8 Å². The second kappa shape index (κ2) is 9.93. The topological polar surface area (TPSA) is 89.3 Å². The van der Waals surface area contributed by atoms with E-state index in [-0.39, 0.29) is 23.9 Å². The zero-order chi connectivity index (χ0) is 26.1. The number of carbonyl (C=O) groups excluding carboxylic acids is 2. The molecule has 0 spiro atoms. The summed E-state index contributed by atoms with van der Waals surface area (Å²) < 4.78 is 12.5. The molecule has 0 radical (unpaired) electrons. The van der Waals surface area contributed by atoms with Gasteiger partial charge in [0.2, 0.25) is 0 Å². The van der Waals surface area contributed by atoms with E-state index in [4.69, 9.17) is 9.47 Å².